The number of H-pyrrole nitrogens is 1. The molecule has 8 nitrogen and oxygen atoms in total. The van der Waals surface area contributed by atoms with Crippen LogP contribution in [0.2, 0.25) is 0 Å². The minimum absolute atomic E-state index is 0.0904. The minimum atomic E-state index is -3.69. The van der Waals surface area contributed by atoms with E-state index in [1.54, 1.807) is 0 Å². The highest BCUT2D eigenvalue weighted by molar-refractivity contribution is 7.49. The van der Waals surface area contributed by atoms with Crippen LogP contribution < -0.4 is 15.8 Å². The van der Waals surface area contributed by atoms with Gasteiger partial charge >= 0.3 is 13.5 Å². The van der Waals surface area contributed by atoms with Crippen molar-refractivity contribution in [3.8, 4) is 5.75 Å². The molecule has 2 heterocycles. The molecule has 1 aromatic carbocycles. The molecule has 0 bridgehead atoms. The lowest BCUT2D eigenvalue weighted by molar-refractivity contribution is 0.141. The van der Waals surface area contributed by atoms with Gasteiger partial charge < -0.3 is 4.52 Å². The van der Waals surface area contributed by atoms with Crippen molar-refractivity contribution in [2.45, 2.75) is 32.4 Å². The number of rotatable bonds is 4. The molecule has 0 spiro atoms. The Morgan fingerprint density at radius 2 is 2.19 bits per heavy atom. The van der Waals surface area contributed by atoms with Crippen LogP contribution in [0.5, 0.6) is 5.75 Å². The second-order valence-electron chi connectivity index (χ2n) is 6.62. The van der Waals surface area contributed by atoms with E-state index in [9.17, 15) is 14.2 Å². The van der Waals surface area contributed by atoms with Gasteiger partial charge in [0.1, 0.15) is 5.75 Å². The summed E-state index contributed by atoms with van der Waals surface area (Å²) >= 11 is 0. The number of benzene rings is 1. The molecule has 142 valence electrons. The molecule has 2 atom stereocenters. The predicted molar refractivity (Wildman–Crippen MR) is 97.8 cm³/mol. The van der Waals surface area contributed by atoms with E-state index in [0.29, 0.717) is 18.6 Å². The highest BCUT2D eigenvalue weighted by Gasteiger charge is 2.35. The van der Waals surface area contributed by atoms with Crippen molar-refractivity contribution in [2.75, 3.05) is 6.61 Å². The van der Waals surface area contributed by atoms with Crippen LogP contribution in [-0.4, -0.2) is 16.2 Å². The third-order valence-corrected chi connectivity index (χ3v) is 6.00. The fourth-order valence-corrected chi connectivity index (χ4v) is 4.57. The predicted octanol–water partition coefficient (Wildman–Crippen LogP) is 2.84. The summed E-state index contributed by atoms with van der Waals surface area (Å²) in [5, 5.41) is 0. The summed E-state index contributed by atoms with van der Waals surface area (Å²) in [5.74, 6) is 0.546. The number of fused-ring (bicyclic) bond motifs is 1. The molecule has 27 heavy (non-hydrogen) atoms. The second kappa shape index (κ2) is 6.96. The number of nitrogens with one attached hydrogen (secondary N) is 1. The Morgan fingerprint density at radius 1 is 1.33 bits per heavy atom. The van der Waals surface area contributed by atoms with E-state index in [1.807, 2.05) is 31.2 Å². The third kappa shape index (κ3) is 3.69. The van der Waals surface area contributed by atoms with Crippen LogP contribution in [0.15, 0.2) is 51.7 Å². The van der Waals surface area contributed by atoms with Crippen molar-refractivity contribution in [3.05, 3.63) is 74.1 Å². The van der Waals surface area contributed by atoms with Gasteiger partial charge in [-0.25, -0.2) is 9.36 Å². The minimum Gasteiger partial charge on any atom is -0.403 e. The van der Waals surface area contributed by atoms with Crippen molar-refractivity contribution < 1.29 is 18.1 Å². The number of para-hydroxylation sites is 1. The van der Waals surface area contributed by atoms with Gasteiger partial charge in [-0.15, -0.1) is 0 Å². The van der Waals surface area contributed by atoms with Gasteiger partial charge in [0.05, 0.1) is 13.2 Å². The molecular weight excluding hydrogens is 371 g/mol. The lowest BCUT2D eigenvalue weighted by Crippen LogP contribution is -2.30. The quantitative estimate of drug-likeness (QED) is 0.637. The first-order valence-corrected chi connectivity index (χ1v) is 10.1. The first-order valence-electron chi connectivity index (χ1n) is 8.60. The van der Waals surface area contributed by atoms with Gasteiger partial charge in [-0.05, 0) is 30.9 Å². The fraction of sp³-hybridized carbons (Fsp3) is 0.333. The summed E-state index contributed by atoms with van der Waals surface area (Å²) in [6, 6.07) is 6.83. The van der Waals surface area contributed by atoms with E-state index >= 15 is 0 Å². The van der Waals surface area contributed by atoms with Crippen LogP contribution in [0.4, 0.5) is 0 Å². The maximum Gasteiger partial charge on any atom is 0.530 e. The van der Waals surface area contributed by atoms with Gasteiger partial charge in [0.25, 0.3) is 5.56 Å². The molecule has 2 aliphatic rings. The van der Waals surface area contributed by atoms with E-state index in [2.05, 4.69) is 4.98 Å². The molecule has 0 saturated carbocycles. The molecule has 0 radical (unpaired) electrons. The van der Waals surface area contributed by atoms with Crippen molar-refractivity contribution in [1.29, 1.82) is 0 Å². The highest BCUT2D eigenvalue weighted by atomic mass is 31.2. The maximum atomic E-state index is 12.8. The number of aromatic nitrogens is 2. The average molecular weight is 390 g/mol. The number of phosphoric ester groups is 1. The van der Waals surface area contributed by atoms with Crippen LogP contribution in [0.25, 0.3) is 0 Å². The van der Waals surface area contributed by atoms with Gasteiger partial charge in [-0.3, -0.25) is 23.4 Å². The fourth-order valence-electron chi connectivity index (χ4n) is 3.29. The Labute approximate surface area is 155 Å². The van der Waals surface area contributed by atoms with E-state index in [4.69, 9.17) is 13.6 Å². The number of allylic oxidation sites excluding steroid dienone is 1. The Morgan fingerprint density at radius 3 is 3.00 bits per heavy atom. The summed E-state index contributed by atoms with van der Waals surface area (Å²) in [4.78, 5) is 25.3. The first-order chi connectivity index (χ1) is 12.9. The second-order valence-corrected chi connectivity index (χ2v) is 8.22. The highest BCUT2D eigenvalue weighted by Crippen LogP contribution is 2.55. The number of nitrogens with zero attached hydrogens (tertiary/aromatic N) is 1. The van der Waals surface area contributed by atoms with Crippen molar-refractivity contribution in [1.82, 2.24) is 9.55 Å². The lowest BCUT2D eigenvalue weighted by atomic mass is 10.1. The molecule has 0 amide bonds. The number of aryl methyl sites for hydroxylation is 1. The molecule has 4 rings (SSSR count). The van der Waals surface area contributed by atoms with E-state index in [-0.39, 0.29) is 19.3 Å². The molecule has 0 fully saturated rings. The standard InChI is InChI=1S/C18H19N2O6P/c1-12-3-2-4-14-11-25-27(23,26-17(12)14)24-10-13-5-6-15(9-13)20-8-7-16(21)19-18(20)22/h2-5,7-8,15H,6,9-11H2,1H3,(H,19,21,22)/t15-,27?/m0/s1. The van der Waals surface area contributed by atoms with Crippen LogP contribution in [-0.2, 0) is 20.2 Å². The smallest absolute Gasteiger partial charge is 0.403 e. The maximum absolute atomic E-state index is 12.8. The van der Waals surface area contributed by atoms with Crippen molar-refractivity contribution >= 4 is 7.82 Å². The van der Waals surface area contributed by atoms with Crippen LogP contribution in [0, 0.1) is 6.92 Å². The number of hydrogen-bond acceptors (Lipinski definition) is 6. The average Bonchev–Trinajstić information content (AvgIpc) is 3.10. The molecule has 1 aliphatic heterocycles. The van der Waals surface area contributed by atoms with Crippen LogP contribution >= 0.6 is 7.82 Å². The topological polar surface area (TPSA) is 99.6 Å². The van der Waals surface area contributed by atoms with Gasteiger partial charge in [-0.1, -0.05) is 24.3 Å². The van der Waals surface area contributed by atoms with E-state index < -0.39 is 19.1 Å². The Kier molecular flexibility index (Phi) is 4.63. The van der Waals surface area contributed by atoms with Gasteiger partial charge in [0, 0.05) is 23.9 Å². The number of aromatic amines is 1. The normalized spacial score (nSPS) is 24.2. The molecule has 2 aromatic rings. The van der Waals surface area contributed by atoms with Gasteiger partial charge in [0.15, 0.2) is 0 Å². The summed E-state index contributed by atoms with van der Waals surface area (Å²) in [7, 11) is -3.69. The Balaban J connectivity index is 1.40. The van der Waals surface area contributed by atoms with Crippen LogP contribution in [0.1, 0.15) is 30.0 Å². The summed E-state index contributed by atoms with van der Waals surface area (Å²) < 4.78 is 30.6. The third-order valence-electron chi connectivity index (χ3n) is 4.70. The number of phosphoric acid groups is 1. The summed E-state index contributed by atoms with van der Waals surface area (Å²) in [6.45, 7) is 2.14. The Bertz CT molecular complexity index is 1070. The molecular formula is C18H19N2O6P. The zero-order valence-electron chi connectivity index (χ0n) is 14.7. The lowest BCUT2D eigenvalue weighted by Gasteiger charge is -2.26. The molecule has 1 aromatic heterocycles. The molecule has 9 heteroatoms. The summed E-state index contributed by atoms with van der Waals surface area (Å²) in [6.07, 6.45) is 4.61. The monoisotopic (exact) mass is 390 g/mol. The zero-order valence-corrected chi connectivity index (χ0v) is 15.6. The van der Waals surface area contributed by atoms with E-state index in [1.165, 1.54) is 16.8 Å². The first kappa shape index (κ1) is 18.0. The van der Waals surface area contributed by atoms with Gasteiger partial charge in [0.2, 0.25) is 0 Å². The Hall–Kier alpha value is -2.41. The number of hydrogen-bond donors (Lipinski definition) is 1. The largest absolute Gasteiger partial charge is 0.530 e. The van der Waals surface area contributed by atoms with Crippen molar-refractivity contribution in [3.63, 3.8) is 0 Å². The van der Waals surface area contributed by atoms with Crippen molar-refractivity contribution in [2.24, 2.45) is 0 Å². The molecule has 0 saturated heterocycles. The molecule has 1 aliphatic carbocycles. The zero-order chi connectivity index (χ0) is 19.0. The SMILES string of the molecule is Cc1cccc2c1OP(=O)(OCC1=CC[C@H](n3ccc(=O)[nH]c3=O)C1)OC2. The van der Waals surface area contributed by atoms with Gasteiger partial charge in [-0.2, -0.15) is 0 Å². The summed E-state index contributed by atoms with van der Waals surface area (Å²) in [5.41, 5.74) is 1.74. The van der Waals surface area contributed by atoms with Crippen LogP contribution in [0.3, 0.4) is 0 Å². The molecule has 1 unspecified atom stereocenters. The van der Waals surface area contributed by atoms with E-state index in [0.717, 1.165) is 16.7 Å². The molecule has 1 N–H and O–H groups in total.